The Labute approximate surface area is 160 Å². The lowest BCUT2D eigenvalue weighted by Gasteiger charge is -2.12. The van der Waals surface area contributed by atoms with E-state index in [9.17, 15) is 21.6 Å². The van der Waals surface area contributed by atoms with Gasteiger partial charge in [-0.15, -0.1) is 0 Å². The number of aryl methyl sites for hydroxylation is 1. The summed E-state index contributed by atoms with van der Waals surface area (Å²) >= 11 is 0. The average Bonchev–Trinajstić information content (AvgIpc) is 3.07. The Kier molecular flexibility index (Phi) is 5.26. The van der Waals surface area contributed by atoms with Crippen molar-refractivity contribution >= 4 is 10.0 Å². The van der Waals surface area contributed by atoms with E-state index in [1.54, 1.807) is 30.2 Å². The van der Waals surface area contributed by atoms with Crippen LogP contribution in [0.2, 0.25) is 0 Å². The molecule has 0 aliphatic carbocycles. The third-order valence-electron chi connectivity index (χ3n) is 4.11. The highest BCUT2D eigenvalue weighted by Gasteiger charge is 2.32. The summed E-state index contributed by atoms with van der Waals surface area (Å²) < 4.78 is 67.0. The van der Waals surface area contributed by atoms with E-state index in [-0.39, 0.29) is 17.0 Å². The van der Waals surface area contributed by atoms with E-state index in [4.69, 9.17) is 0 Å². The Morgan fingerprint density at radius 3 is 2.54 bits per heavy atom. The maximum Gasteiger partial charge on any atom is 0.433 e. The van der Waals surface area contributed by atoms with Crippen LogP contribution in [0.25, 0.3) is 11.3 Å². The number of alkyl halides is 3. The monoisotopic (exact) mass is 410 g/mol. The molecule has 0 aliphatic heterocycles. The molecular formula is C18H17F3N4O2S. The summed E-state index contributed by atoms with van der Waals surface area (Å²) in [5.74, 6) is 0. The minimum atomic E-state index is -4.54. The van der Waals surface area contributed by atoms with Crippen molar-refractivity contribution in [2.24, 2.45) is 7.05 Å². The number of benzene rings is 1. The number of hydrogen-bond donors (Lipinski definition) is 1. The van der Waals surface area contributed by atoms with Gasteiger partial charge in [0.15, 0.2) is 0 Å². The van der Waals surface area contributed by atoms with Crippen LogP contribution in [-0.4, -0.2) is 30.0 Å². The second-order valence-corrected chi connectivity index (χ2v) is 8.03. The van der Waals surface area contributed by atoms with Crippen LogP contribution < -0.4 is 4.72 Å². The zero-order valence-electron chi connectivity index (χ0n) is 15.0. The SMILES string of the molecule is CNS(=O)(=O)c1ccc(Cc2cccc(C(F)(F)F)n2)c(-c2cn(C)cn2)c1. The van der Waals surface area contributed by atoms with Gasteiger partial charge >= 0.3 is 6.18 Å². The summed E-state index contributed by atoms with van der Waals surface area (Å²) in [5, 5.41) is 0. The Bertz CT molecular complexity index is 1110. The van der Waals surface area contributed by atoms with Crippen LogP contribution in [0.1, 0.15) is 17.0 Å². The molecule has 0 saturated heterocycles. The van der Waals surface area contributed by atoms with Crippen molar-refractivity contribution in [3.05, 3.63) is 65.9 Å². The first kappa shape index (κ1) is 20.0. The number of nitrogens with zero attached hydrogens (tertiary/aromatic N) is 3. The summed E-state index contributed by atoms with van der Waals surface area (Å²) in [5.41, 5.74) is 0.879. The fourth-order valence-corrected chi connectivity index (χ4v) is 3.47. The van der Waals surface area contributed by atoms with Gasteiger partial charge in [0.25, 0.3) is 0 Å². The zero-order chi connectivity index (χ0) is 20.5. The molecule has 0 bridgehead atoms. The van der Waals surface area contributed by atoms with Gasteiger partial charge in [-0.3, -0.25) is 0 Å². The van der Waals surface area contributed by atoms with Crippen LogP contribution in [0, 0.1) is 0 Å². The molecule has 0 spiro atoms. The molecule has 6 nitrogen and oxygen atoms in total. The highest BCUT2D eigenvalue weighted by atomic mass is 32.2. The van der Waals surface area contributed by atoms with Crippen LogP contribution in [0.5, 0.6) is 0 Å². The molecule has 3 rings (SSSR count). The van der Waals surface area contributed by atoms with E-state index in [1.807, 2.05) is 0 Å². The highest BCUT2D eigenvalue weighted by molar-refractivity contribution is 7.89. The second kappa shape index (κ2) is 7.36. The first-order valence-corrected chi connectivity index (χ1v) is 9.66. The summed E-state index contributed by atoms with van der Waals surface area (Å²) in [4.78, 5) is 7.97. The van der Waals surface area contributed by atoms with Crippen molar-refractivity contribution in [3.63, 3.8) is 0 Å². The normalized spacial score (nSPS) is 12.3. The minimum Gasteiger partial charge on any atom is -0.340 e. The molecule has 0 atom stereocenters. The largest absolute Gasteiger partial charge is 0.433 e. The van der Waals surface area contributed by atoms with Crippen LogP contribution in [0.3, 0.4) is 0 Å². The van der Waals surface area contributed by atoms with Gasteiger partial charge in [-0.25, -0.2) is 23.1 Å². The van der Waals surface area contributed by atoms with E-state index in [0.717, 1.165) is 6.07 Å². The standard InChI is InChI=1S/C18H17F3N4O2S/c1-22-28(26,27)14-7-6-12(15(9-14)16-10-25(2)11-23-16)8-13-4-3-5-17(24-13)18(19,20)21/h3-7,9-11,22H,8H2,1-2H3. The Hall–Kier alpha value is -2.72. The maximum atomic E-state index is 12.9. The molecule has 0 radical (unpaired) electrons. The Morgan fingerprint density at radius 1 is 1.18 bits per heavy atom. The quantitative estimate of drug-likeness (QED) is 0.702. The lowest BCUT2D eigenvalue weighted by atomic mass is 10.0. The number of rotatable bonds is 5. The molecular weight excluding hydrogens is 393 g/mol. The van der Waals surface area contributed by atoms with Gasteiger partial charge in [-0.05, 0) is 36.9 Å². The summed E-state index contributed by atoms with van der Waals surface area (Å²) in [6.07, 6.45) is -1.19. The number of imidazole rings is 1. The second-order valence-electron chi connectivity index (χ2n) is 6.14. The maximum absolute atomic E-state index is 12.9. The van der Waals surface area contributed by atoms with Crippen molar-refractivity contribution in [2.45, 2.75) is 17.5 Å². The zero-order valence-corrected chi connectivity index (χ0v) is 15.8. The third kappa shape index (κ3) is 4.23. The molecule has 2 aromatic heterocycles. The van der Waals surface area contributed by atoms with Crippen molar-refractivity contribution in [1.82, 2.24) is 19.3 Å². The predicted molar refractivity (Wildman–Crippen MR) is 96.9 cm³/mol. The predicted octanol–water partition coefficient (Wildman–Crippen LogP) is 3.00. The number of aromatic nitrogens is 3. The molecule has 0 aliphatic rings. The fourth-order valence-electron chi connectivity index (χ4n) is 2.72. The number of pyridine rings is 1. The average molecular weight is 410 g/mol. The molecule has 1 aromatic carbocycles. The molecule has 28 heavy (non-hydrogen) atoms. The summed E-state index contributed by atoms with van der Waals surface area (Å²) in [7, 11) is -0.622. The van der Waals surface area contributed by atoms with Gasteiger partial charge in [0, 0.05) is 30.9 Å². The van der Waals surface area contributed by atoms with Gasteiger partial charge in [0.05, 0.1) is 16.9 Å². The molecule has 0 unspecified atom stereocenters. The van der Waals surface area contributed by atoms with E-state index >= 15 is 0 Å². The number of hydrogen-bond acceptors (Lipinski definition) is 4. The van der Waals surface area contributed by atoms with Crippen LogP contribution in [0.15, 0.2) is 53.8 Å². The van der Waals surface area contributed by atoms with Crippen LogP contribution in [-0.2, 0) is 29.7 Å². The highest BCUT2D eigenvalue weighted by Crippen LogP contribution is 2.30. The van der Waals surface area contributed by atoms with Crippen LogP contribution in [0.4, 0.5) is 13.2 Å². The Morgan fingerprint density at radius 2 is 1.93 bits per heavy atom. The van der Waals surface area contributed by atoms with E-state index in [0.29, 0.717) is 16.8 Å². The molecule has 10 heteroatoms. The molecule has 3 aromatic rings. The fraction of sp³-hybridized carbons (Fsp3) is 0.222. The number of nitrogens with one attached hydrogen (secondary N) is 1. The minimum absolute atomic E-state index is 0.0383. The van der Waals surface area contributed by atoms with E-state index in [2.05, 4.69) is 14.7 Å². The van der Waals surface area contributed by atoms with E-state index in [1.165, 1.54) is 31.3 Å². The van der Waals surface area contributed by atoms with Gasteiger partial charge in [0.1, 0.15) is 5.69 Å². The summed E-state index contributed by atoms with van der Waals surface area (Å²) in [6.45, 7) is 0. The van der Waals surface area contributed by atoms with Gasteiger partial charge < -0.3 is 4.57 Å². The lowest BCUT2D eigenvalue weighted by Crippen LogP contribution is -2.18. The molecule has 0 saturated carbocycles. The van der Waals surface area contributed by atoms with Gasteiger partial charge in [0.2, 0.25) is 10.0 Å². The van der Waals surface area contributed by atoms with Crippen molar-refractivity contribution < 1.29 is 21.6 Å². The van der Waals surface area contributed by atoms with Crippen molar-refractivity contribution in [3.8, 4) is 11.3 Å². The van der Waals surface area contributed by atoms with Crippen molar-refractivity contribution in [2.75, 3.05) is 7.05 Å². The first-order chi connectivity index (χ1) is 13.1. The molecule has 0 amide bonds. The molecule has 148 valence electrons. The molecule has 1 N–H and O–H groups in total. The first-order valence-electron chi connectivity index (χ1n) is 8.18. The Balaban J connectivity index is 2.08. The smallest absolute Gasteiger partial charge is 0.340 e. The van der Waals surface area contributed by atoms with Gasteiger partial charge in [-0.1, -0.05) is 12.1 Å². The summed E-state index contributed by atoms with van der Waals surface area (Å²) in [6, 6.07) is 8.13. The van der Waals surface area contributed by atoms with Gasteiger partial charge in [-0.2, -0.15) is 13.2 Å². The lowest BCUT2D eigenvalue weighted by molar-refractivity contribution is -0.141. The molecule has 0 fully saturated rings. The third-order valence-corrected chi connectivity index (χ3v) is 5.52. The van der Waals surface area contributed by atoms with Crippen molar-refractivity contribution in [1.29, 1.82) is 0 Å². The topological polar surface area (TPSA) is 76.9 Å². The number of halogens is 3. The molecule has 2 heterocycles. The van der Waals surface area contributed by atoms with E-state index < -0.39 is 21.9 Å². The van der Waals surface area contributed by atoms with Crippen LogP contribution >= 0.6 is 0 Å². The number of sulfonamides is 1.